The molecule has 1 fully saturated rings. The highest BCUT2D eigenvalue weighted by atomic mass is 32.2. The number of hydrazine groups is 1. The van der Waals surface area contributed by atoms with Crippen LogP contribution >= 0.6 is 0 Å². The molecule has 1 N–H and O–H groups in total. The number of amides is 1. The first-order valence-corrected chi connectivity index (χ1v) is 8.54. The highest BCUT2D eigenvalue weighted by molar-refractivity contribution is 7.90. The maximum Gasteiger partial charge on any atom is 0.284 e. The highest BCUT2D eigenvalue weighted by Gasteiger charge is 2.28. The van der Waals surface area contributed by atoms with Crippen molar-refractivity contribution in [1.29, 1.82) is 0 Å². The van der Waals surface area contributed by atoms with Gasteiger partial charge in [-0.25, -0.2) is 5.01 Å². The Kier molecular flexibility index (Phi) is 4.19. The number of nitrogens with one attached hydrogen (secondary N) is 1. The Labute approximate surface area is 142 Å². The number of sulfonamides is 1. The number of non-ortho nitro benzene ring substituents is 1. The Bertz CT molecular complexity index is 955. The van der Waals surface area contributed by atoms with Gasteiger partial charge in [0.15, 0.2) is 0 Å². The molecule has 2 aromatic carbocycles. The predicted octanol–water partition coefficient (Wildman–Crippen LogP) is 1.62. The van der Waals surface area contributed by atoms with Gasteiger partial charge < -0.3 is 0 Å². The Morgan fingerprint density at radius 3 is 2.32 bits per heavy atom. The molecule has 0 atom stereocenters. The topological polar surface area (TPSA) is 122 Å². The zero-order chi connectivity index (χ0) is 18.0. The second kappa shape index (κ2) is 6.32. The summed E-state index contributed by atoms with van der Waals surface area (Å²) in [5.74, 6) is -0.365. The standard InChI is InChI=1S/C15H12N4O5S/c20-15-10-14(16-18(15)11-4-2-1-3-5-11)17-25(23,24)13-8-6-12(7-9-13)19(21)22/h1-9H,10H2,(H,16,17). The van der Waals surface area contributed by atoms with Crippen LogP contribution in [0.3, 0.4) is 0 Å². The Morgan fingerprint density at radius 2 is 1.72 bits per heavy atom. The van der Waals surface area contributed by atoms with Crippen molar-refractivity contribution in [3.63, 3.8) is 0 Å². The molecular weight excluding hydrogens is 348 g/mol. The van der Waals surface area contributed by atoms with E-state index in [1.54, 1.807) is 30.3 Å². The Balaban J connectivity index is 1.85. The van der Waals surface area contributed by atoms with Crippen LogP contribution in [0.1, 0.15) is 6.42 Å². The summed E-state index contributed by atoms with van der Waals surface area (Å²) in [4.78, 5) is 21.8. The van der Waals surface area contributed by atoms with Crippen molar-refractivity contribution in [2.45, 2.75) is 11.3 Å². The largest absolute Gasteiger partial charge is 0.284 e. The van der Waals surface area contributed by atoms with Gasteiger partial charge in [0.2, 0.25) is 0 Å². The fourth-order valence-electron chi connectivity index (χ4n) is 2.23. The van der Waals surface area contributed by atoms with E-state index in [2.05, 4.69) is 9.82 Å². The summed E-state index contributed by atoms with van der Waals surface area (Å²) in [5, 5.41) is 11.8. The van der Waals surface area contributed by atoms with Gasteiger partial charge in [-0.3, -0.25) is 20.3 Å². The number of nitro groups is 1. The number of rotatable bonds is 4. The number of hydrogen-bond donors (Lipinski definition) is 1. The van der Waals surface area contributed by atoms with Crippen LogP contribution in [0.25, 0.3) is 0 Å². The summed E-state index contributed by atoms with van der Waals surface area (Å²) in [7, 11) is -4.09. The second-order valence-electron chi connectivity index (χ2n) is 5.12. The van der Waals surface area contributed by atoms with Gasteiger partial charge in [-0.05, 0) is 24.3 Å². The molecular formula is C15H12N4O5S. The SMILES string of the molecule is O=C1C/C(=N/S(=O)(=O)c2ccc([N+](=O)[O-])cc2)NN1c1ccccc1. The fourth-order valence-corrected chi connectivity index (χ4v) is 3.21. The van der Waals surface area contributed by atoms with E-state index in [-0.39, 0.29) is 28.7 Å². The van der Waals surface area contributed by atoms with Crippen LogP contribution in [0, 0.1) is 10.1 Å². The number of benzene rings is 2. The van der Waals surface area contributed by atoms with Crippen LogP contribution < -0.4 is 10.4 Å². The van der Waals surface area contributed by atoms with Crippen molar-refractivity contribution in [2.75, 3.05) is 5.01 Å². The molecule has 1 saturated heterocycles. The quantitative estimate of drug-likeness (QED) is 0.653. The summed E-state index contributed by atoms with van der Waals surface area (Å²) in [6.07, 6.45) is -0.193. The predicted molar refractivity (Wildman–Crippen MR) is 89.4 cm³/mol. The van der Waals surface area contributed by atoms with Crippen molar-refractivity contribution in [3.8, 4) is 0 Å². The molecule has 9 nitrogen and oxygen atoms in total. The van der Waals surface area contributed by atoms with Gasteiger partial charge in [0, 0.05) is 12.1 Å². The monoisotopic (exact) mass is 360 g/mol. The number of carbonyl (C=O) groups is 1. The van der Waals surface area contributed by atoms with E-state index < -0.39 is 14.9 Å². The zero-order valence-corrected chi connectivity index (χ0v) is 13.5. The normalized spacial score (nSPS) is 16.1. The minimum Gasteiger partial charge on any atom is -0.277 e. The van der Waals surface area contributed by atoms with E-state index in [0.29, 0.717) is 5.69 Å². The second-order valence-corrected chi connectivity index (χ2v) is 6.72. The maximum absolute atomic E-state index is 12.3. The average molecular weight is 360 g/mol. The minimum absolute atomic E-state index is 0.0211. The third-order valence-electron chi connectivity index (χ3n) is 3.40. The molecule has 10 heteroatoms. The number of nitrogens with zero attached hydrogens (tertiary/aromatic N) is 3. The van der Waals surface area contributed by atoms with Crippen LogP contribution in [-0.2, 0) is 14.8 Å². The van der Waals surface area contributed by atoms with Gasteiger partial charge in [0.25, 0.3) is 21.6 Å². The van der Waals surface area contributed by atoms with Crippen molar-refractivity contribution >= 4 is 33.1 Å². The summed E-state index contributed by atoms with van der Waals surface area (Å²) >= 11 is 0. The number of nitro benzene ring substituents is 1. The molecule has 1 heterocycles. The van der Waals surface area contributed by atoms with Crippen molar-refractivity contribution in [1.82, 2.24) is 5.43 Å². The molecule has 1 amide bonds. The number of para-hydroxylation sites is 1. The lowest BCUT2D eigenvalue weighted by Gasteiger charge is -2.15. The first kappa shape index (κ1) is 16.6. The van der Waals surface area contributed by atoms with Gasteiger partial charge in [-0.15, -0.1) is 4.40 Å². The maximum atomic E-state index is 12.3. The third-order valence-corrected chi connectivity index (χ3v) is 4.73. The van der Waals surface area contributed by atoms with E-state index in [0.717, 1.165) is 24.3 Å². The van der Waals surface area contributed by atoms with Gasteiger partial charge >= 0.3 is 0 Å². The molecule has 0 unspecified atom stereocenters. The Hall–Kier alpha value is -3.27. The van der Waals surface area contributed by atoms with Crippen molar-refractivity contribution in [2.24, 2.45) is 4.40 Å². The summed E-state index contributed by atoms with van der Waals surface area (Å²) < 4.78 is 28.2. The van der Waals surface area contributed by atoms with E-state index in [4.69, 9.17) is 0 Å². The minimum atomic E-state index is -4.09. The molecule has 1 aliphatic rings. The number of hydrogen-bond acceptors (Lipinski definition) is 5. The van der Waals surface area contributed by atoms with Crippen molar-refractivity contribution < 1.29 is 18.1 Å². The van der Waals surface area contributed by atoms with E-state index in [9.17, 15) is 23.3 Å². The first-order chi connectivity index (χ1) is 11.9. The molecule has 0 aromatic heterocycles. The van der Waals surface area contributed by atoms with Crippen LogP contribution in [-0.4, -0.2) is 25.1 Å². The van der Waals surface area contributed by atoms with Crippen LogP contribution in [0.15, 0.2) is 63.9 Å². The van der Waals surface area contributed by atoms with Gasteiger partial charge in [-0.1, -0.05) is 18.2 Å². The van der Waals surface area contributed by atoms with Gasteiger partial charge in [0.05, 0.1) is 21.9 Å². The highest BCUT2D eigenvalue weighted by Crippen LogP contribution is 2.20. The van der Waals surface area contributed by atoms with Crippen molar-refractivity contribution in [3.05, 3.63) is 64.7 Å². The molecule has 128 valence electrons. The summed E-state index contributed by atoms with van der Waals surface area (Å²) in [6, 6.07) is 13.0. The average Bonchev–Trinajstić information content (AvgIpc) is 2.95. The first-order valence-electron chi connectivity index (χ1n) is 7.10. The molecule has 0 saturated carbocycles. The van der Waals surface area contributed by atoms with E-state index in [1.165, 1.54) is 5.01 Å². The molecule has 2 aromatic rings. The van der Waals surface area contributed by atoms with E-state index >= 15 is 0 Å². The lowest BCUT2D eigenvalue weighted by Crippen LogP contribution is -2.36. The zero-order valence-electron chi connectivity index (χ0n) is 12.7. The van der Waals surface area contributed by atoms with Gasteiger partial charge in [0.1, 0.15) is 5.84 Å². The molecule has 0 radical (unpaired) electrons. The molecule has 0 bridgehead atoms. The summed E-state index contributed by atoms with van der Waals surface area (Å²) in [6.45, 7) is 0. The molecule has 3 rings (SSSR count). The summed E-state index contributed by atoms with van der Waals surface area (Å²) in [5.41, 5.74) is 2.99. The fraction of sp³-hybridized carbons (Fsp3) is 0.0667. The van der Waals surface area contributed by atoms with E-state index in [1.807, 2.05) is 0 Å². The molecule has 1 aliphatic heterocycles. The van der Waals surface area contributed by atoms with Crippen LogP contribution in [0.2, 0.25) is 0 Å². The number of amidine groups is 1. The van der Waals surface area contributed by atoms with Gasteiger partial charge in [-0.2, -0.15) is 8.42 Å². The van der Waals surface area contributed by atoms with Crippen LogP contribution in [0.5, 0.6) is 0 Å². The number of anilines is 1. The Morgan fingerprint density at radius 1 is 1.08 bits per heavy atom. The molecule has 25 heavy (non-hydrogen) atoms. The van der Waals surface area contributed by atoms with Crippen LogP contribution in [0.4, 0.5) is 11.4 Å². The third kappa shape index (κ3) is 3.48. The molecule has 0 aliphatic carbocycles. The number of carbonyl (C=O) groups excluding carboxylic acids is 1. The lowest BCUT2D eigenvalue weighted by molar-refractivity contribution is -0.384. The smallest absolute Gasteiger partial charge is 0.277 e. The molecule has 0 spiro atoms. The lowest BCUT2D eigenvalue weighted by atomic mass is 10.3.